The van der Waals surface area contributed by atoms with Gasteiger partial charge in [-0.2, -0.15) is 5.10 Å². The van der Waals surface area contributed by atoms with Crippen LogP contribution in [-0.2, 0) is 6.54 Å². The summed E-state index contributed by atoms with van der Waals surface area (Å²) in [5.41, 5.74) is 3.31. The van der Waals surface area contributed by atoms with Gasteiger partial charge in [-0.25, -0.2) is 4.98 Å². The van der Waals surface area contributed by atoms with Gasteiger partial charge in [0.2, 0.25) is 0 Å². The Morgan fingerprint density at radius 3 is 2.96 bits per heavy atom. The lowest BCUT2D eigenvalue weighted by Gasteiger charge is -2.28. The van der Waals surface area contributed by atoms with Crippen molar-refractivity contribution < 1.29 is 4.74 Å². The Morgan fingerprint density at radius 1 is 1.25 bits per heavy atom. The Bertz CT molecular complexity index is 928. The first-order valence-electron chi connectivity index (χ1n) is 8.97. The van der Waals surface area contributed by atoms with Gasteiger partial charge in [-0.15, -0.1) is 24.0 Å². The molecule has 28 heavy (non-hydrogen) atoms. The van der Waals surface area contributed by atoms with Crippen molar-refractivity contribution >= 4 is 29.9 Å². The van der Waals surface area contributed by atoms with Crippen molar-refractivity contribution in [2.24, 2.45) is 4.99 Å². The van der Waals surface area contributed by atoms with Crippen LogP contribution in [0.5, 0.6) is 5.75 Å². The van der Waals surface area contributed by atoms with Gasteiger partial charge in [0.25, 0.3) is 0 Å². The van der Waals surface area contributed by atoms with E-state index in [1.54, 1.807) is 7.05 Å². The number of aliphatic imine (C=N–C) groups is 1. The highest BCUT2D eigenvalue weighted by Gasteiger charge is 2.21. The van der Waals surface area contributed by atoms with Gasteiger partial charge in [0.05, 0.1) is 12.6 Å². The number of nitrogens with zero attached hydrogens (tertiary/aromatic N) is 3. The molecule has 1 aliphatic heterocycles. The van der Waals surface area contributed by atoms with Crippen molar-refractivity contribution in [1.82, 2.24) is 25.8 Å². The molecule has 1 atom stereocenters. The zero-order chi connectivity index (χ0) is 18.5. The van der Waals surface area contributed by atoms with E-state index in [4.69, 9.17) is 4.74 Å². The molecule has 4 rings (SSSR count). The molecule has 0 saturated heterocycles. The maximum absolute atomic E-state index is 5.73. The summed E-state index contributed by atoms with van der Waals surface area (Å²) >= 11 is 0. The molecule has 1 aromatic heterocycles. The van der Waals surface area contributed by atoms with E-state index >= 15 is 0 Å². The van der Waals surface area contributed by atoms with E-state index in [2.05, 4.69) is 49.0 Å². The largest absolute Gasteiger partial charge is 0.493 e. The second-order valence-electron chi connectivity index (χ2n) is 6.33. The van der Waals surface area contributed by atoms with Gasteiger partial charge in [0.15, 0.2) is 11.8 Å². The van der Waals surface area contributed by atoms with Gasteiger partial charge in [-0.05, 0) is 17.7 Å². The van der Waals surface area contributed by atoms with Crippen LogP contribution >= 0.6 is 24.0 Å². The molecule has 0 bridgehead atoms. The molecule has 146 valence electrons. The second kappa shape index (κ2) is 9.54. The lowest BCUT2D eigenvalue weighted by molar-refractivity contribution is 0.261. The molecule has 3 aromatic rings. The summed E-state index contributed by atoms with van der Waals surface area (Å²) in [5, 5.41) is 13.7. The summed E-state index contributed by atoms with van der Waals surface area (Å²) in [7, 11) is 1.78. The van der Waals surface area contributed by atoms with Gasteiger partial charge in [-0.3, -0.25) is 10.1 Å². The number of aromatic amines is 1. The molecule has 0 aliphatic carbocycles. The number of benzene rings is 2. The summed E-state index contributed by atoms with van der Waals surface area (Å²) in [4.78, 5) is 8.57. The standard InChI is InChI=1S/C20H22N6O.HI/c1-21-20(25-17-9-10-27-18-8-3-2-7-16(17)18)22-12-14-5-4-6-15(11-14)19-23-13-24-26-19;/h2-8,11,13,17H,9-10,12H2,1H3,(H2,21,22,25)(H,23,24,26);1H. The predicted molar refractivity (Wildman–Crippen MR) is 120 cm³/mol. The van der Waals surface area contributed by atoms with E-state index in [9.17, 15) is 0 Å². The molecule has 0 radical (unpaired) electrons. The van der Waals surface area contributed by atoms with Crippen LogP contribution in [0.4, 0.5) is 0 Å². The molecule has 0 spiro atoms. The average Bonchev–Trinajstić information content (AvgIpc) is 3.26. The smallest absolute Gasteiger partial charge is 0.191 e. The number of nitrogens with one attached hydrogen (secondary N) is 3. The molecular formula is C20H23IN6O. The van der Waals surface area contributed by atoms with Crippen LogP contribution in [0.2, 0.25) is 0 Å². The summed E-state index contributed by atoms with van der Waals surface area (Å²) in [6.07, 6.45) is 2.41. The molecule has 1 aliphatic rings. The summed E-state index contributed by atoms with van der Waals surface area (Å²) in [6.45, 7) is 1.36. The summed E-state index contributed by atoms with van der Waals surface area (Å²) < 4.78 is 5.73. The first kappa shape index (κ1) is 20.1. The predicted octanol–water partition coefficient (Wildman–Crippen LogP) is 3.28. The highest BCUT2D eigenvalue weighted by molar-refractivity contribution is 14.0. The Balaban J connectivity index is 0.00000225. The molecule has 7 nitrogen and oxygen atoms in total. The number of hydrogen-bond donors (Lipinski definition) is 3. The third-order valence-corrected chi connectivity index (χ3v) is 4.57. The maximum atomic E-state index is 5.73. The quantitative estimate of drug-likeness (QED) is 0.297. The highest BCUT2D eigenvalue weighted by atomic mass is 127. The zero-order valence-corrected chi connectivity index (χ0v) is 17.9. The van der Waals surface area contributed by atoms with Crippen molar-refractivity contribution in [2.75, 3.05) is 13.7 Å². The fourth-order valence-electron chi connectivity index (χ4n) is 3.21. The first-order chi connectivity index (χ1) is 13.3. The van der Waals surface area contributed by atoms with Crippen molar-refractivity contribution in [3.63, 3.8) is 0 Å². The fraction of sp³-hybridized carbons (Fsp3) is 0.250. The molecule has 2 heterocycles. The molecule has 2 aromatic carbocycles. The minimum Gasteiger partial charge on any atom is -0.493 e. The van der Waals surface area contributed by atoms with E-state index < -0.39 is 0 Å². The molecule has 8 heteroatoms. The van der Waals surface area contributed by atoms with Crippen molar-refractivity contribution in [1.29, 1.82) is 0 Å². The van der Waals surface area contributed by atoms with E-state index in [1.807, 2.05) is 30.3 Å². The number of halogens is 1. The number of ether oxygens (including phenoxy) is 1. The number of aromatic nitrogens is 3. The number of hydrogen-bond acceptors (Lipinski definition) is 4. The van der Waals surface area contributed by atoms with Gasteiger partial charge in [0, 0.05) is 31.1 Å². The van der Waals surface area contributed by atoms with Crippen LogP contribution in [0.1, 0.15) is 23.6 Å². The van der Waals surface area contributed by atoms with Gasteiger partial charge in [-0.1, -0.05) is 36.4 Å². The lowest BCUT2D eigenvalue weighted by atomic mass is 10.0. The Morgan fingerprint density at radius 2 is 2.14 bits per heavy atom. The lowest BCUT2D eigenvalue weighted by Crippen LogP contribution is -2.40. The van der Waals surface area contributed by atoms with Crippen LogP contribution < -0.4 is 15.4 Å². The van der Waals surface area contributed by atoms with Crippen LogP contribution in [0.15, 0.2) is 59.9 Å². The maximum Gasteiger partial charge on any atom is 0.191 e. The van der Waals surface area contributed by atoms with E-state index in [0.717, 1.165) is 35.1 Å². The van der Waals surface area contributed by atoms with E-state index in [-0.39, 0.29) is 30.0 Å². The van der Waals surface area contributed by atoms with Gasteiger partial charge in [0.1, 0.15) is 12.1 Å². The zero-order valence-electron chi connectivity index (χ0n) is 15.6. The van der Waals surface area contributed by atoms with Crippen LogP contribution in [0.3, 0.4) is 0 Å². The third kappa shape index (κ3) is 4.61. The van der Waals surface area contributed by atoms with Crippen molar-refractivity contribution in [3.8, 4) is 17.1 Å². The van der Waals surface area contributed by atoms with Crippen molar-refractivity contribution in [3.05, 3.63) is 66.0 Å². The van der Waals surface area contributed by atoms with E-state index in [1.165, 1.54) is 11.9 Å². The average molecular weight is 490 g/mol. The highest BCUT2D eigenvalue weighted by Crippen LogP contribution is 2.31. The molecule has 0 saturated carbocycles. The van der Waals surface area contributed by atoms with Crippen molar-refractivity contribution in [2.45, 2.75) is 19.0 Å². The SMILES string of the molecule is CN=C(NCc1cccc(-c2ncn[nH]2)c1)NC1CCOc2ccccc21.I. The monoisotopic (exact) mass is 490 g/mol. The topological polar surface area (TPSA) is 87.2 Å². The number of para-hydroxylation sites is 1. The number of guanidine groups is 1. The number of rotatable bonds is 4. The minimum atomic E-state index is 0. The molecule has 0 fully saturated rings. The second-order valence-corrected chi connectivity index (χ2v) is 6.33. The molecular weight excluding hydrogens is 467 g/mol. The van der Waals surface area contributed by atoms with Crippen LogP contribution in [0, 0.1) is 0 Å². The van der Waals surface area contributed by atoms with Crippen LogP contribution in [-0.4, -0.2) is 34.8 Å². The van der Waals surface area contributed by atoms with Crippen LogP contribution in [0.25, 0.3) is 11.4 Å². The third-order valence-electron chi connectivity index (χ3n) is 4.57. The van der Waals surface area contributed by atoms with E-state index in [0.29, 0.717) is 13.2 Å². The molecule has 1 unspecified atom stereocenters. The normalized spacial score (nSPS) is 15.8. The summed E-state index contributed by atoms with van der Waals surface area (Å²) in [6, 6.07) is 16.5. The van der Waals surface area contributed by atoms with Gasteiger partial charge < -0.3 is 15.4 Å². The van der Waals surface area contributed by atoms with Gasteiger partial charge >= 0.3 is 0 Å². The number of fused-ring (bicyclic) bond motifs is 1. The number of H-pyrrole nitrogens is 1. The first-order valence-corrected chi connectivity index (χ1v) is 8.97. The summed E-state index contributed by atoms with van der Waals surface area (Å²) in [5.74, 6) is 2.47. The fourth-order valence-corrected chi connectivity index (χ4v) is 3.21. The minimum absolute atomic E-state index is 0. The molecule has 0 amide bonds. The Labute approximate surface area is 181 Å². The Kier molecular flexibility index (Phi) is 6.85. The Hall–Kier alpha value is -2.62. The molecule has 3 N–H and O–H groups in total.